The average molecular weight is 342 g/mol. The van der Waals surface area contributed by atoms with Gasteiger partial charge in [-0.25, -0.2) is 4.79 Å². The Kier molecular flexibility index (Phi) is 5.50. The summed E-state index contributed by atoms with van der Waals surface area (Å²) in [5.41, 5.74) is 3.83. The Bertz CT molecular complexity index is 733. The van der Waals surface area contributed by atoms with Crippen molar-refractivity contribution < 1.29 is 9.90 Å². The molecule has 0 unspecified atom stereocenters. The third kappa shape index (κ3) is 4.27. The monoisotopic (exact) mass is 342 g/mol. The van der Waals surface area contributed by atoms with Crippen LogP contribution in [0.3, 0.4) is 0 Å². The van der Waals surface area contributed by atoms with E-state index in [-0.39, 0.29) is 0 Å². The molecule has 134 valence electrons. The van der Waals surface area contributed by atoms with E-state index in [0.717, 1.165) is 44.8 Å². The van der Waals surface area contributed by atoms with Gasteiger partial charge in [-0.3, -0.25) is 14.5 Å². The zero-order chi connectivity index (χ0) is 17.8. The fourth-order valence-corrected chi connectivity index (χ4v) is 3.35. The highest BCUT2D eigenvalue weighted by Gasteiger charge is 2.21. The van der Waals surface area contributed by atoms with Crippen LogP contribution < -0.4 is 0 Å². The molecule has 6 nitrogen and oxygen atoms in total. The Labute approximate surface area is 148 Å². The lowest BCUT2D eigenvalue weighted by atomic mass is 10.1. The van der Waals surface area contributed by atoms with Gasteiger partial charge in [-0.05, 0) is 17.5 Å². The third-order valence-corrected chi connectivity index (χ3v) is 4.94. The number of nitrogens with zero attached hydrogens (tertiary/aromatic N) is 4. The lowest BCUT2D eigenvalue weighted by molar-refractivity contribution is 0.0692. The minimum absolute atomic E-state index is 0.307. The summed E-state index contributed by atoms with van der Waals surface area (Å²) < 4.78 is 1.67. The second kappa shape index (κ2) is 7.80. The molecule has 1 aromatic heterocycles. The molecule has 0 bridgehead atoms. The van der Waals surface area contributed by atoms with Crippen LogP contribution in [0.5, 0.6) is 0 Å². The lowest BCUT2D eigenvalue weighted by Crippen LogP contribution is -2.45. The fourth-order valence-electron chi connectivity index (χ4n) is 3.35. The van der Waals surface area contributed by atoms with E-state index in [1.807, 2.05) is 0 Å². The molecule has 6 heteroatoms. The maximum atomic E-state index is 11.3. The number of carbonyl (C=O) groups is 1. The van der Waals surface area contributed by atoms with Gasteiger partial charge in [-0.2, -0.15) is 5.10 Å². The van der Waals surface area contributed by atoms with Crippen molar-refractivity contribution in [1.29, 1.82) is 0 Å². The Morgan fingerprint density at radius 1 is 1.12 bits per heavy atom. The minimum Gasteiger partial charge on any atom is -0.478 e. The molecule has 1 N–H and O–H groups in total. The first-order chi connectivity index (χ1) is 12.1. The number of piperazine rings is 1. The molecule has 0 atom stereocenters. The van der Waals surface area contributed by atoms with Crippen LogP contribution >= 0.6 is 0 Å². The number of rotatable bonds is 6. The smallest absolute Gasteiger partial charge is 0.339 e. The molecule has 3 rings (SSSR count). The maximum Gasteiger partial charge on any atom is 0.339 e. The summed E-state index contributed by atoms with van der Waals surface area (Å²) in [5, 5.41) is 13.4. The standard InChI is InChI=1S/C19H26N4O2/c1-3-15-5-4-6-16(11-15)13-22-7-9-23(10-8-22)14-18-17(19(24)25)12-20-21(18)2/h4-6,11-12H,3,7-10,13-14H2,1-2H3,(H,24,25). The summed E-state index contributed by atoms with van der Waals surface area (Å²) in [6.45, 7) is 7.68. The number of aromatic nitrogens is 2. The van der Waals surface area contributed by atoms with E-state index in [0.29, 0.717) is 12.1 Å². The van der Waals surface area contributed by atoms with Crippen molar-refractivity contribution in [2.75, 3.05) is 26.2 Å². The van der Waals surface area contributed by atoms with E-state index in [2.05, 4.69) is 46.1 Å². The van der Waals surface area contributed by atoms with Gasteiger partial charge in [0.15, 0.2) is 0 Å². The molecule has 1 aromatic carbocycles. The number of hydrogen-bond acceptors (Lipinski definition) is 4. The van der Waals surface area contributed by atoms with Crippen LogP contribution in [0.15, 0.2) is 30.5 Å². The summed E-state index contributed by atoms with van der Waals surface area (Å²) in [7, 11) is 1.80. The predicted octanol–water partition coefficient (Wildman–Crippen LogP) is 2.00. The number of aromatic carboxylic acids is 1. The lowest BCUT2D eigenvalue weighted by Gasteiger charge is -2.34. The van der Waals surface area contributed by atoms with Crippen molar-refractivity contribution in [1.82, 2.24) is 19.6 Å². The molecule has 1 fully saturated rings. The molecule has 0 amide bonds. The largest absolute Gasteiger partial charge is 0.478 e. The first-order valence-electron chi connectivity index (χ1n) is 8.83. The highest BCUT2D eigenvalue weighted by molar-refractivity contribution is 5.88. The molecule has 1 aliphatic heterocycles. The molecule has 0 radical (unpaired) electrons. The number of hydrogen-bond donors (Lipinski definition) is 1. The zero-order valence-electron chi connectivity index (χ0n) is 15.0. The predicted molar refractivity (Wildman–Crippen MR) is 96.5 cm³/mol. The Morgan fingerprint density at radius 2 is 1.76 bits per heavy atom. The molecule has 0 saturated carbocycles. The first-order valence-corrected chi connectivity index (χ1v) is 8.83. The van der Waals surface area contributed by atoms with Gasteiger partial charge in [0.1, 0.15) is 5.56 Å². The normalized spacial score (nSPS) is 16.2. The molecule has 25 heavy (non-hydrogen) atoms. The van der Waals surface area contributed by atoms with E-state index in [4.69, 9.17) is 0 Å². The van der Waals surface area contributed by atoms with Crippen molar-refractivity contribution in [2.24, 2.45) is 7.05 Å². The van der Waals surface area contributed by atoms with Crippen molar-refractivity contribution in [3.63, 3.8) is 0 Å². The SMILES string of the molecule is CCc1cccc(CN2CCN(Cc3c(C(=O)O)cnn3C)CC2)c1. The Hall–Kier alpha value is -2.18. The molecule has 0 spiro atoms. The van der Waals surface area contributed by atoms with Gasteiger partial charge in [0.05, 0.1) is 11.9 Å². The molecular formula is C19H26N4O2. The van der Waals surface area contributed by atoms with Gasteiger partial charge < -0.3 is 5.11 Å². The maximum absolute atomic E-state index is 11.3. The summed E-state index contributed by atoms with van der Waals surface area (Å²) in [5.74, 6) is -0.905. The van der Waals surface area contributed by atoms with E-state index >= 15 is 0 Å². The van der Waals surface area contributed by atoms with Gasteiger partial charge in [0.2, 0.25) is 0 Å². The van der Waals surface area contributed by atoms with Crippen molar-refractivity contribution in [2.45, 2.75) is 26.4 Å². The van der Waals surface area contributed by atoms with Crippen LogP contribution in [0.2, 0.25) is 0 Å². The van der Waals surface area contributed by atoms with Crippen molar-refractivity contribution in [3.8, 4) is 0 Å². The summed E-state index contributed by atoms with van der Waals surface area (Å²) in [6, 6.07) is 8.80. The Balaban J connectivity index is 1.55. The highest BCUT2D eigenvalue weighted by atomic mass is 16.4. The molecule has 1 saturated heterocycles. The molecule has 2 heterocycles. The first kappa shape index (κ1) is 17.6. The van der Waals surface area contributed by atoms with E-state index in [1.54, 1.807) is 11.7 Å². The molecule has 2 aromatic rings. The van der Waals surface area contributed by atoms with Crippen LogP contribution in [0.25, 0.3) is 0 Å². The summed E-state index contributed by atoms with van der Waals surface area (Å²) >= 11 is 0. The van der Waals surface area contributed by atoms with Gasteiger partial charge in [0, 0.05) is 46.3 Å². The van der Waals surface area contributed by atoms with Crippen LogP contribution in [0, 0.1) is 0 Å². The average Bonchev–Trinajstić information content (AvgIpc) is 2.98. The van der Waals surface area contributed by atoms with Crippen LogP contribution in [-0.4, -0.2) is 56.8 Å². The second-order valence-electron chi connectivity index (χ2n) is 6.66. The van der Waals surface area contributed by atoms with E-state index in [9.17, 15) is 9.90 Å². The van der Waals surface area contributed by atoms with Gasteiger partial charge in [-0.15, -0.1) is 0 Å². The minimum atomic E-state index is -0.905. The quantitative estimate of drug-likeness (QED) is 0.870. The zero-order valence-corrected chi connectivity index (χ0v) is 15.0. The van der Waals surface area contributed by atoms with Crippen LogP contribution in [-0.2, 0) is 26.6 Å². The van der Waals surface area contributed by atoms with Crippen LogP contribution in [0.4, 0.5) is 0 Å². The molecule has 0 aliphatic carbocycles. The summed E-state index contributed by atoms with van der Waals surface area (Å²) in [6.07, 6.45) is 2.51. The van der Waals surface area contributed by atoms with Gasteiger partial charge in [0.25, 0.3) is 0 Å². The van der Waals surface area contributed by atoms with E-state index in [1.165, 1.54) is 17.3 Å². The number of carboxylic acid groups (broad SMARTS) is 1. The molecule has 1 aliphatic rings. The van der Waals surface area contributed by atoms with Gasteiger partial charge in [-0.1, -0.05) is 31.2 Å². The number of carboxylic acids is 1. The fraction of sp³-hybridized carbons (Fsp3) is 0.474. The number of aryl methyl sites for hydroxylation is 2. The second-order valence-corrected chi connectivity index (χ2v) is 6.66. The van der Waals surface area contributed by atoms with Crippen molar-refractivity contribution >= 4 is 5.97 Å². The topological polar surface area (TPSA) is 61.6 Å². The van der Waals surface area contributed by atoms with Gasteiger partial charge >= 0.3 is 5.97 Å². The van der Waals surface area contributed by atoms with Crippen LogP contribution in [0.1, 0.15) is 34.1 Å². The molecular weight excluding hydrogens is 316 g/mol. The van der Waals surface area contributed by atoms with E-state index < -0.39 is 5.97 Å². The summed E-state index contributed by atoms with van der Waals surface area (Å²) in [4.78, 5) is 16.1. The third-order valence-electron chi connectivity index (χ3n) is 4.94. The number of benzene rings is 1. The highest BCUT2D eigenvalue weighted by Crippen LogP contribution is 2.15. The Morgan fingerprint density at radius 3 is 2.40 bits per heavy atom. The van der Waals surface area contributed by atoms with Crippen molar-refractivity contribution in [3.05, 3.63) is 52.8 Å².